The Morgan fingerprint density at radius 3 is 2.30 bits per heavy atom. The van der Waals surface area contributed by atoms with Crippen LogP contribution in [0.2, 0.25) is 0 Å². The maximum Gasteiger partial charge on any atom is 0.0959 e. The van der Waals surface area contributed by atoms with Gasteiger partial charge < -0.3 is 4.57 Å². The molecule has 0 fully saturated rings. The van der Waals surface area contributed by atoms with Crippen LogP contribution in [0.4, 0.5) is 0 Å². The number of hydrogen-bond acceptors (Lipinski definition) is 1. The van der Waals surface area contributed by atoms with E-state index in [1.54, 1.807) is 0 Å². The van der Waals surface area contributed by atoms with Gasteiger partial charge in [-0.05, 0) is 47.8 Å². The van der Waals surface area contributed by atoms with Crippen LogP contribution in [-0.2, 0) is 6.54 Å². The summed E-state index contributed by atoms with van der Waals surface area (Å²) in [5.74, 6) is 0.637. The third-order valence-electron chi connectivity index (χ3n) is 7.91. The number of rotatable bonds is 11. The highest BCUT2D eigenvalue weighted by molar-refractivity contribution is 6.05. The van der Waals surface area contributed by atoms with Crippen molar-refractivity contribution >= 4 is 21.9 Å². The minimum atomic E-state index is 0.320. The van der Waals surface area contributed by atoms with E-state index in [1.807, 2.05) is 6.20 Å². The Kier molecular flexibility index (Phi) is 7.26. The number of benzene rings is 1. The second-order valence-electron chi connectivity index (χ2n) is 10.4. The van der Waals surface area contributed by atoms with Crippen molar-refractivity contribution < 1.29 is 0 Å². The first-order chi connectivity index (χ1) is 14.3. The monoisotopic (exact) mass is 406 g/mol. The van der Waals surface area contributed by atoms with Gasteiger partial charge in [0.1, 0.15) is 0 Å². The van der Waals surface area contributed by atoms with Crippen LogP contribution >= 0.6 is 0 Å². The molecule has 0 saturated heterocycles. The molecule has 30 heavy (non-hydrogen) atoms. The highest BCUT2D eigenvalue weighted by Crippen LogP contribution is 2.44. The lowest BCUT2D eigenvalue weighted by Gasteiger charge is -2.41. The van der Waals surface area contributed by atoms with Gasteiger partial charge in [0.15, 0.2) is 0 Å². The molecule has 3 rings (SSSR count). The number of unbranched alkanes of at least 4 members (excludes halogenated alkanes) is 2. The average Bonchev–Trinajstić information content (AvgIpc) is 3.07. The highest BCUT2D eigenvalue weighted by Gasteiger charge is 2.35. The Morgan fingerprint density at radius 2 is 1.60 bits per heavy atom. The van der Waals surface area contributed by atoms with Crippen LogP contribution in [0, 0.1) is 16.7 Å². The molecule has 164 valence electrons. The molecule has 0 saturated carbocycles. The fourth-order valence-corrected chi connectivity index (χ4v) is 5.03. The molecule has 0 radical (unpaired) electrons. The SMILES string of the molecule is CCCCCC(C)(C)C(Cn1c2ccccc2c2ncccc21)CC(C)(CC)CC. The van der Waals surface area contributed by atoms with Gasteiger partial charge >= 0.3 is 0 Å². The minimum absolute atomic E-state index is 0.320. The molecular formula is C28H42N2. The Labute approximate surface area is 184 Å². The number of para-hydroxylation sites is 1. The summed E-state index contributed by atoms with van der Waals surface area (Å²) < 4.78 is 2.57. The number of hydrogen-bond donors (Lipinski definition) is 0. The van der Waals surface area contributed by atoms with Crippen LogP contribution in [0.25, 0.3) is 21.9 Å². The summed E-state index contributed by atoms with van der Waals surface area (Å²) in [6.07, 6.45) is 11.0. The molecule has 0 aliphatic rings. The van der Waals surface area contributed by atoms with Crippen molar-refractivity contribution in [1.29, 1.82) is 0 Å². The third kappa shape index (κ3) is 4.74. The summed E-state index contributed by atoms with van der Waals surface area (Å²) in [7, 11) is 0. The molecule has 1 unspecified atom stereocenters. The molecule has 2 aromatic heterocycles. The van der Waals surface area contributed by atoms with Crippen molar-refractivity contribution in [2.75, 3.05) is 0 Å². The van der Waals surface area contributed by atoms with E-state index in [1.165, 1.54) is 61.4 Å². The van der Waals surface area contributed by atoms with E-state index in [0.29, 0.717) is 16.7 Å². The van der Waals surface area contributed by atoms with Gasteiger partial charge in [-0.15, -0.1) is 0 Å². The van der Waals surface area contributed by atoms with E-state index in [2.05, 4.69) is 82.5 Å². The largest absolute Gasteiger partial charge is 0.339 e. The van der Waals surface area contributed by atoms with Gasteiger partial charge in [0.25, 0.3) is 0 Å². The molecule has 3 aromatic rings. The lowest BCUT2D eigenvalue weighted by atomic mass is 9.66. The Hall–Kier alpha value is -1.83. The van der Waals surface area contributed by atoms with Crippen LogP contribution in [0.5, 0.6) is 0 Å². The van der Waals surface area contributed by atoms with E-state index < -0.39 is 0 Å². The van der Waals surface area contributed by atoms with Gasteiger partial charge in [-0.25, -0.2) is 0 Å². The fraction of sp³-hybridized carbons (Fsp3) is 0.607. The molecule has 0 aliphatic carbocycles. The summed E-state index contributed by atoms with van der Waals surface area (Å²) in [5.41, 5.74) is 4.48. The zero-order valence-corrected chi connectivity index (χ0v) is 20.2. The molecule has 1 atom stereocenters. The topological polar surface area (TPSA) is 17.8 Å². The zero-order chi connectivity index (χ0) is 21.8. The molecule has 0 bridgehead atoms. The van der Waals surface area contributed by atoms with Gasteiger partial charge in [0.05, 0.1) is 16.6 Å². The van der Waals surface area contributed by atoms with Crippen molar-refractivity contribution in [3.8, 4) is 0 Å². The van der Waals surface area contributed by atoms with Gasteiger partial charge in [-0.1, -0.05) is 91.8 Å². The molecule has 2 nitrogen and oxygen atoms in total. The molecule has 1 aromatic carbocycles. The summed E-state index contributed by atoms with van der Waals surface area (Å²) in [6.45, 7) is 15.7. The second kappa shape index (κ2) is 9.54. The summed E-state index contributed by atoms with van der Waals surface area (Å²) in [4.78, 5) is 4.75. The Bertz CT molecular complexity index is 892. The normalized spacial score (nSPS) is 13.9. The molecule has 0 spiro atoms. The standard InChI is InChI=1S/C28H42N2/c1-7-10-13-18-27(4,5)22(20-28(6,8-2)9-3)21-30-24-16-12-11-15-23(24)26-25(30)17-14-19-29-26/h11-12,14-17,19,22H,7-10,13,18,20-21H2,1-6H3. The van der Waals surface area contributed by atoms with Gasteiger partial charge in [0, 0.05) is 18.1 Å². The van der Waals surface area contributed by atoms with E-state index in [9.17, 15) is 0 Å². The lowest BCUT2D eigenvalue weighted by Crippen LogP contribution is -2.33. The maximum absolute atomic E-state index is 4.75. The van der Waals surface area contributed by atoms with Gasteiger partial charge in [-0.2, -0.15) is 0 Å². The zero-order valence-electron chi connectivity index (χ0n) is 20.2. The van der Waals surface area contributed by atoms with Crippen molar-refractivity contribution in [3.05, 3.63) is 42.6 Å². The summed E-state index contributed by atoms with van der Waals surface area (Å²) >= 11 is 0. The predicted molar refractivity (Wildman–Crippen MR) is 132 cm³/mol. The molecule has 0 amide bonds. The van der Waals surface area contributed by atoms with Crippen LogP contribution in [0.15, 0.2) is 42.6 Å². The molecule has 2 heterocycles. The van der Waals surface area contributed by atoms with Crippen molar-refractivity contribution in [1.82, 2.24) is 9.55 Å². The van der Waals surface area contributed by atoms with Gasteiger partial charge in [0.2, 0.25) is 0 Å². The first-order valence-electron chi connectivity index (χ1n) is 12.2. The average molecular weight is 407 g/mol. The molecule has 0 N–H and O–H groups in total. The lowest BCUT2D eigenvalue weighted by molar-refractivity contribution is 0.0977. The highest BCUT2D eigenvalue weighted by atomic mass is 15.0. The second-order valence-corrected chi connectivity index (χ2v) is 10.4. The Balaban J connectivity index is 2.04. The van der Waals surface area contributed by atoms with E-state index >= 15 is 0 Å². The van der Waals surface area contributed by atoms with Crippen LogP contribution < -0.4 is 0 Å². The first kappa shape index (κ1) is 22.8. The van der Waals surface area contributed by atoms with Crippen molar-refractivity contribution in [2.45, 2.75) is 93.0 Å². The van der Waals surface area contributed by atoms with E-state index in [-0.39, 0.29) is 0 Å². The first-order valence-corrected chi connectivity index (χ1v) is 12.2. The summed E-state index contributed by atoms with van der Waals surface area (Å²) in [5, 5.41) is 1.28. The number of pyridine rings is 1. The van der Waals surface area contributed by atoms with Crippen LogP contribution in [-0.4, -0.2) is 9.55 Å². The minimum Gasteiger partial charge on any atom is -0.339 e. The summed E-state index contributed by atoms with van der Waals surface area (Å²) in [6, 6.07) is 13.1. The third-order valence-corrected chi connectivity index (χ3v) is 7.91. The van der Waals surface area contributed by atoms with Crippen LogP contribution in [0.3, 0.4) is 0 Å². The van der Waals surface area contributed by atoms with E-state index in [0.717, 1.165) is 12.1 Å². The molecule has 0 aliphatic heterocycles. The number of nitrogens with zero attached hydrogens (tertiary/aromatic N) is 2. The smallest absolute Gasteiger partial charge is 0.0959 e. The Morgan fingerprint density at radius 1 is 0.900 bits per heavy atom. The fourth-order valence-electron chi connectivity index (χ4n) is 5.03. The number of aromatic nitrogens is 2. The predicted octanol–water partition coefficient (Wildman–Crippen LogP) is 8.63. The molecule has 2 heteroatoms. The van der Waals surface area contributed by atoms with Crippen molar-refractivity contribution in [3.63, 3.8) is 0 Å². The maximum atomic E-state index is 4.75. The van der Waals surface area contributed by atoms with E-state index in [4.69, 9.17) is 4.98 Å². The van der Waals surface area contributed by atoms with Crippen LogP contribution in [0.1, 0.15) is 86.5 Å². The quantitative estimate of drug-likeness (QED) is 0.291. The number of fused-ring (bicyclic) bond motifs is 3. The molecular weight excluding hydrogens is 364 g/mol. The van der Waals surface area contributed by atoms with Crippen molar-refractivity contribution in [2.24, 2.45) is 16.7 Å². The van der Waals surface area contributed by atoms with Gasteiger partial charge in [-0.3, -0.25) is 4.98 Å².